The van der Waals surface area contributed by atoms with Crippen LogP contribution in [-0.2, 0) is 0 Å². The second kappa shape index (κ2) is 74.1. The molecule has 6 heteroatoms. The van der Waals surface area contributed by atoms with Crippen LogP contribution in [0.2, 0.25) is 0 Å². The highest BCUT2D eigenvalue weighted by atomic mass is 127. The number of halogens is 3. The average molecular weight is 519 g/mol. The van der Waals surface area contributed by atoms with Crippen LogP contribution in [0.15, 0.2) is 0 Å². The summed E-state index contributed by atoms with van der Waals surface area (Å²) in [4.78, 5) is 0. The highest BCUT2D eigenvalue weighted by Crippen LogP contribution is 0.592. The molecule has 84 valence electrons. The van der Waals surface area contributed by atoms with Gasteiger partial charge < -0.3 is 87.9 Å². The fourth-order valence-corrected chi connectivity index (χ4v) is 0. The molecule has 0 aromatic heterocycles. The SMILES string of the molecule is C[NH2+]C.C[NH2+]C.C[NH2+]C.[I-].[I-].[I-]. The second-order valence-electron chi connectivity index (χ2n) is 1.73. The molecule has 12 heavy (non-hydrogen) atoms. The molecular weight excluding hydrogens is 495 g/mol. The van der Waals surface area contributed by atoms with Crippen LogP contribution in [0.1, 0.15) is 0 Å². The zero-order valence-corrected chi connectivity index (χ0v) is 15.3. The van der Waals surface area contributed by atoms with Crippen molar-refractivity contribution in [1.29, 1.82) is 0 Å². The molecule has 0 fully saturated rings. The molecule has 0 saturated carbocycles. The number of hydrogen-bond acceptors (Lipinski definition) is 0. The van der Waals surface area contributed by atoms with E-state index >= 15 is 0 Å². The van der Waals surface area contributed by atoms with Gasteiger partial charge in [-0.15, -0.1) is 0 Å². The summed E-state index contributed by atoms with van der Waals surface area (Å²) < 4.78 is 0. The molecule has 0 saturated heterocycles. The molecule has 0 aromatic carbocycles. The molecule has 0 spiro atoms. The maximum atomic E-state index is 2.00. The quantitative estimate of drug-likeness (QED) is 0.267. The highest BCUT2D eigenvalue weighted by molar-refractivity contribution is 3.36. The van der Waals surface area contributed by atoms with Gasteiger partial charge in [-0.05, 0) is 0 Å². The third-order valence-electron chi connectivity index (χ3n) is 0. The minimum absolute atomic E-state index is 0. The van der Waals surface area contributed by atoms with Crippen molar-refractivity contribution in [2.45, 2.75) is 0 Å². The number of quaternary nitrogens is 3. The molecule has 0 unspecified atom stereocenters. The van der Waals surface area contributed by atoms with E-state index in [1.54, 1.807) is 0 Å². The minimum Gasteiger partial charge on any atom is -1.00 e. The van der Waals surface area contributed by atoms with E-state index in [1.807, 2.05) is 58.2 Å². The van der Waals surface area contributed by atoms with Gasteiger partial charge in [-0.25, -0.2) is 0 Å². The van der Waals surface area contributed by atoms with Gasteiger partial charge in [0.2, 0.25) is 0 Å². The van der Waals surface area contributed by atoms with E-state index in [-0.39, 0.29) is 71.9 Å². The van der Waals surface area contributed by atoms with Crippen molar-refractivity contribution >= 4 is 0 Å². The van der Waals surface area contributed by atoms with Gasteiger partial charge in [0.15, 0.2) is 0 Å². The lowest BCUT2D eigenvalue weighted by Gasteiger charge is -1.57. The summed E-state index contributed by atoms with van der Waals surface area (Å²) in [7, 11) is 12.0. The summed E-state index contributed by atoms with van der Waals surface area (Å²) in [6.45, 7) is 0. The Morgan fingerprint density at radius 3 is 0.417 bits per heavy atom. The third kappa shape index (κ3) is 345. The lowest BCUT2D eigenvalue weighted by Crippen LogP contribution is -3.00. The molecule has 0 aromatic rings. The normalized spacial score (nSPS) is 4.50. The van der Waals surface area contributed by atoms with E-state index in [1.165, 1.54) is 0 Å². The number of hydrogen-bond donors (Lipinski definition) is 3. The smallest absolute Gasteiger partial charge is 0.0647 e. The predicted molar refractivity (Wildman–Crippen MR) is 41.3 cm³/mol. The van der Waals surface area contributed by atoms with Gasteiger partial charge in [0, 0.05) is 0 Å². The van der Waals surface area contributed by atoms with Crippen molar-refractivity contribution in [2.24, 2.45) is 0 Å². The minimum atomic E-state index is 0. The molecular formula is C6H24I3N3. The first kappa shape index (κ1) is 36.9. The Hall–Kier alpha value is 2.07. The Balaban J connectivity index is -0.00000001000. The second-order valence-corrected chi connectivity index (χ2v) is 1.73. The lowest BCUT2D eigenvalue weighted by atomic mass is 11.3. The van der Waals surface area contributed by atoms with E-state index in [0.717, 1.165) is 0 Å². The van der Waals surface area contributed by atoms with Crippen molar-refractivity contribution in [3.8, 4) is 0 Å². The molecule has 0 amide bonds. The van der Waals surface area contributed by atoms with Crippen molar-refractivity contribution in [2.75, 3.05) is 42.3 Å². The van der Waals surface area contributed by atoms with Gasteiger partial charge in [-0.3, -0.25) is 0 Å². The summed E-state index contributed by atoms with van der Waals surface area (Å²) in [5, 5.41) is 6.00. The summed E-state index contributed by atoms with van der Waals surface area (Å²) in [5.74, 6) is 0. The van der Waals surface area contributed by atoms with Gasteiger partial charge in [0.25, 0.3) is 0 Å². The van der Waals surface area contributed by atoms with Crippen LogP contribution in [0.4, 0.5) is 0 Å². The van der Waals surface area contributed by atoms with E-state index in [4.69, 9.17) is 0 Å². The van der Waals surface area contributed by atoms with Crippen molar-refractivity contribution < 1.29 is 87.9 Å². The third-order valence-corrected chi connectivity index (χ3v) is 0. The molecule has 0 atom stereocenters. The van der Waals surface area contributed by atoms with Gasteiger partial charge >= 0.3 is 0 Å². The first-order chi connectivity index (χ1) is 4.24. The van der Waals surface area contributed by atoms with Crippen LogP contribution >= 0.6 is 0 Å². The zero-order chi connectivity index (χ0) is 8.12. The Labute approximate surface area is 129 Å². The monoisotopic (exact) mass is 519 g/mol. The van der Waals surface area contributed by atoms with Gasteiger partial charge in [-0.1, -0.05) is 0 Å². The maximum absolute atomic E-state index is 2.00. The predicted octanol–water partition coefficient (Wildman–Crippen LogP) is -12.6. The first-order valence-electron chi connectivity index (χ1n) is 3.46. The molecule has 0 heterocycles. The number of nitrogens with two attached hydrogens (primary N) is 3. The van der Waals surface area contributed by atoms with E-state index in [9.17, 15) is 0 Å². The molecule has 0 aliphatic carbocycles. The molecule has 0 aliphatic heterocycles. The molecule has 0 bridgehead atoms. The van der Waals surface area contributed by atoms with Gasteiger partial charge in [0.05, 0.1) is 42.3 Å². The summed E-state index contributed by atoms with van der Waals surface area (Å²) in [6.07, 6.45) is 0. The van der Waals surface area contributed by atoms with E-state index in [0.29, 0.717) is 0 Å². The summed E-state index contributed by atoms with van der Waals surface area (Å²) >= 11 is 0. The Bertz CT molecular complexity index is 22.8. The fraction of sp³-hybridized carbons (Fsp3) is 1.00. The van der Waals surface area contributed by atoms with Crippen LogP contribution in [0, 0.1) is 0 Å². The van der Waals surface area contributed by atoms with Crippen LogP contribution < -0.4 is 87.9 Å². The van der Waals surface area contributed by atoms with Gasteiger partial charge in [-0.2, -0.15) is 0 Å². The van der Waals surface area contributed by atoms with Crippen LogP contribution in [0.3, 0.4) is 0 Å². The topological polar surface area (TPSA) is 49.8 Å². The first-order valence-corrected chi connectivity index (χ1v) is 3.46. The lowest BCUT2D eigenvalue weighted by molar-refractivity contribution is -0.597. The molecule has 3 nitrogen and oxygen atoms in total. The summed E-state index contributed by atoms with van der Waals surface area (Å²) in [6, 6.07) is 0. The van der Waals surface area contributed by atoms with Crippen LogP contribution in [0.5, 0.6) is 0 Å². The Kier molecular flexibility index (Phi) is 228. The maximum Gasteiger partial charge on any atom is 0.0647 e. The van der Waals surface area contributed by atoms with Crippen LogP contribution in [-0.4, -0.2) is 42.3 Å². The average Bonchev–Trinajstić information content (AvgIpc) is 1.70. The van der Waals surface area contributed by atoms with Crippen molar-refractivity contribution in [3.05, 3.63) is 0 Å². The van der Waals surface area contributed by atoms with E-state index < -0.39 is 0 Å². The molecule has 6 N–H and O–H groups in total. The fourth-order valence-electron chi connectivity index (χ4n) is 0. The largest absolute Gasteiger partial charge is 1.00 e. The standard InChI is InChI=1S/3C2H7N.3HI/c3*1-3-2;;;/h3*3H,1-2H3;3*1H. The van der Waals surface area contributed by atoms with Crippen molar-refractivity contribution in [1.82, 2.24) is 0 Å². The highest BCUT2D eigenvalue weighted by Gasteiger charge is 1.29. The van der Waals surface area contributed by atoms with E-state index in [2.05, 4.69) is 0 Å². The van der Waals surface area contributed by atoms with Gasteiger partial charge in [0.1, 0.15) is 0 Å². The Morgan fingerprint density at radius 2 is 0.417 bits per heavy atom. The van der Waals surface area contributed by atoms with Crippen molar-refractivity contribution in [3.63, 3.8) is 0 Å². The number of rotatable bonds is 0. The molecule has 0 radical (unpaired) electrons. The Morgan fingerprint density at radius 1 is 0.417 bits per heavy atom. The zero-order valence-electron chi connectivity index (χ0n) is 8.87. The molecule has 0 aliphatic rings. The summed E-state index contributed by atoms with van der Waals surface area (Å²) in [5.41, 5.74) is 0. The molecule has 0 rings (SSSR count). The van der Waals surface area contributed by atoms with Crippen LogP contribution in [0.25, 0.3) is 0 Å².